The van der Waals surface area contributed by atoms with Gasteiger partial charge in [0.15, 0.2) is 5.78 Å². The number of hydrogen-bond acceptors (Lipinski definition) is 1. The van der Waals surface area contributed by atoms with Gasteiger partial charge in [0, 0.05) is 23.0 Å². The van der Waals surface area contributed by atoms with E-state index in [-0.39, 0.29) is 28.8 Å². The fourth-order valence-electron chi connectivity index (χ4n) is 2.24. The number of carbonyl (C=O) groups is 1. The molecular formula is C21H20FeO4. The average Bonchev–Trinajstić information content (AvgIpc) is 2.71. The Labute approximate surface area is 165 Å². The molecule has 1 aromatic rings. The Morgan fingerprint density at radius 3 is 2.12 bits per heavy atom. The first-order valence-corrected chi connectivity index (χ1v) is 7.46. The van der Waals surface area contributed by atoms with E-state index in [0.29, 0.717) is 0 Å². The summed E-state index contributed by atoms with van der Waals surface area (Å²) in [5.41, 5.74) is 2.56. The molecule has 0 fully saturated rings. The second-order valence-corrected chi connectivity index (χ2v) is 5.05. The van der Waals surface area contributed by atoms with Crippen LogP contribution >= 0.6 is 0 Å². The normalized spacial score (nSPS) is 14.7. The summed E-state index contributed by atoms with van der Waals surface area (Å²) in [6.07, 6.45) is 12.6. The molecule has 26 heavy (non-hydrogen) atoms. The van der Waals surface area contributed by atoms with Crippen molar-refractivity contribution in [1.29, 1.82) is 0 Å². The SMILES string of the molecule is CC1=CCC(C(=O)/C=C/C=C/c2ccccc2)CC1.[C-]#[O+].[C-]#[O+].[C-]#[O+].[Fe]. The Kier molecular flexibility index (Phi) is 23.0. The van der Waals surface area contributed by atoms with Gasteiger partial charge in [-0.15, -0.1) is 0 Å². The van der Waals surface area contributed by atoms with Crippen LogP contribution in [0.15, 0.2) is 60.2 Å². The Balaban J connectivity index is -0.000000686. The van der Waals surface area contributed by atoms with Crippen molar-refractivity contribution in [3.8, 4) is 0 Å². The molecule has 1 atom stereocenters. The summed E-state index contributed by atoms with van der Waals surface area (Å²) in [7, 11) is 0. The van der Waals surface area contributed by atoms with Crippen molar-refractivity contribution < 1.29 is 35.8 Å². The van der Waals surface area contributed by atoms with Gasteiger partial charge >= 0.3 is 33.9 Å². The number of benzene rings is 1. The number of hydrogen-bond donors (Lipinski definition) is 0. The van der Waals surface area contributed by atoms with E-state index in [0.717, 1.165) is 24.8 Å². The fraction of sp³-hybridized carbons (Fsp3) is 0.238. The molecule has 136 valence electrons. The zero-order chi connectivity index (χ0) is 19.5. The average molecular weight is 392 g/mol. The number of allylic oxidation sites excluding steroid dienone is 5. The summed E-state index contributed by atoms with van der Waals surface area (Å²) in [5.74, 6) is 0.437. The number of rotatable bonds is 4. The molecule has 0 saturated heterocycles. The minimum atomic E-state index is 0. The standard InChI is InChI=1S/C18H20O.3CO.Fe/c1-15-11-13-17(14-12-15)18(19)10-6-5-9-16-7-3-2-4-8-16;3*1-2;/h2-11,17H,12-14H2,1H3;;;;/b9-5+,10-6+;;;;. The van der Waals surface area contributed by atoms with E-state index in [2.05, 4.69) is 33.0 Å². The van der Waals surface area contributed by atoms with Crippen LogP contribution in [0.3, 0.4) is 0 Å². The maximum absolute atomic E-state index is 12.0. The summed E-state index contributed by atoms with van der Waals surface area (Å²) >= 11 is 0. The van der Waals surface area contributed by atoms with E-state index in [1.54, 1.807) is 6.08 Å². The summed E-state index contributed by atoms with van der Waals surface area (Å²) < 4.78 is 22.5. The summed E-state index contributed by atoms with van der Waals surface area (Å²) in [6, 6.07) is 10.1. The van der Waals surface area contributed by atoms with Crippen molar-refractivity contribution in [2.75, 3.05) is 0 Å². The van der Waals surface area contributed by atoms with Crippen LogP contribution in [0.4, 0.5) is 0 Å². The van der Waals surface area contributed by atoms with Crippen molar-refractivity contribution in [3.05, 3.63) is 85.7 Å². The fourth-order valence-corrected chi connectivity index (χ4v) is 2.24. The van der Waals surface area contributed by atoms with Crippen LogP contribution < -0.4 is 0 Å². The first kappa shape index (κ1) is 28.6. The second kappa shape index (κ2) is 20.9. The van der Waals surface area contributed by atoms with Crippen LogP contribution in [-0.2, 0) is 35.8 Å². The number of ketones is 1. The van der Waals surface area contributed by atoms with Gasteiger partial charge in [-0.25, -0.2) is 0 Å². The topological polar surface area (TPSA) is 76.8 Å². The molecule has 4 nitrogen and oxygen atoms in total. The van der Waals surface area contributed by atoms with E-state index in [1.807, 2.05) is 48.6 Å². The van der Waals surface area contributed by atoms with Gasteiger partial charge in [0.05, 0.1) is 0 Å². The molecule has 1 unspecified atom stereocenters. The van der Waals surface area contributed by atoms with Gasteiger partial charge in [-0.2, -0.15) is 0 Å². The van der Waals surface area contributed by atoms with Gasteiger partial charge in [-0.3, -0.25) is 4.79 Å². The van der Waals surface area contributed by atoms with Crippen LogP contribution in [0.2, 0.25) is 0 Å². The third kappa shape index (κ3) is 13.2. The van der Waals surface area contributed by atoms with Gasteiger partial charge in [0.1, 0.15) is 0 Å². The molecule has 0 aliphatic heterocycles. The Hall–Kier alpha value is -2.15. The molecule has 2 rings (SSSR count). The van der Waals surface area contributed by atoms with E-state index in [9.17, 15) is 4.79 Å². The quantitative estimate of drug-likeness (QED) is 0.186. The van der Waals surface area contributed by atoms with Gasteiger partial charge in [-0.1, -0.05) is 60.2 Å². The first-order valence-electron chi connectivity index (χ1n) is 7.46. The van der Waals surface area contributed by atoms with Crippen molar-refractivity contribution >= 4 is 11.9 Å². The molecule has 1 aromatic carbocycles. The van der Waals surface area contributed by atoms with Crippen molar-refractivity contribution in [1.82, 2.24) is 0 Å². The molecule has 1 aliphatic rings. The van der Waals surface area contributed by atoms with E-state index >= 15 is 0 Å². The first-order chi connectivity index (χ1) is 12.3. The van der Waals surface area contributed by atoms with Crippen molar-refractivity contribution in [3.63, 3.8) is 0 Å². The van der Waals surface area contributed by atoms with Crippen LogP contribution in [0.5, 0.6) is 0 Å². The van der Waals surface area contributed by atoms with Gasteiger partial charge in [-0.05, 0) is 37.8 Å². The zero-order valence-corrected chi connectivity index (χ0v) is 15.6. The second-order valence-electron chi connectivity index (χ2n) is 5.05. The maximum atomic E-state index is 12.0. The van der Waals surface area contributed by atoms with Crippen LogP contribution in [0, 0.1) is 25.9 Å². The minimum Gasteiger partial charge on any atom is 0 e. The largest absolute Gasteiger partial charge is 0 e. The molecule has 5 heteroatoms. The van der Waals surface area contributed by atoms with Gasteiger partial charge < -0.3 is 0 Å². The summed E-state index contributed by atoms with van der Waals surface area (Å²) in [4.78, 5) is 12.0. The van der Waals surface area contributed by atoms with Crippen LogP contribution in [0.25, 0.3) is 6.08 Å². The summed E-state index contributed by atoms with van der Waals surface area (Å²) in [5, 5.41) is 0. The number of carbonyl (C=O) groups excluding carboxylic acids is 1. The van der Waals surface area contributed by atoms with Gasteiger partial charge in [0.2, 0.25) is 0 Å². The van der Waals surface area contributed by atoms with E-state index < -0.39 is 0 Å². The van der Waals surface area contributed by atoms with Crippen molar-refractivity contribution in [2.24, 2.45) is 5.92 Å². The molecule has 0 N–H and O–H groups in total. The Morgan fingerprint density at radius 2 is 1.62 bits per heavy atom. The third-order valence-corrected chi connectivity index (χ3v) is 3.50. The third-order valence-electron chi connectivity index (χ3n) is 3.50. The predicted octanol–water partition coefficient (Wildman–Crippen LogP) is 4.46. The molecule has 0 radical (unpaired) electrons. The summed E-state index contributed by atoms with van der Waals surface area (Å²) in [6.45, 7) is 15.6. The smallest absolute Gasteiger partial charge is 0 e. The molecule has 1 aliphatic carbocycles. The molecule has 0 bridgehead atoms. The Bertz CT molecular complexity index is 623. The maximum Gasteiger partial charge on any atom is 0 e. The molecule has 0 spiro atoms. The van der Waals surface area contributed by atoms with Crippen LogP contribution in [-0.4, -0.2) is 5.78 Å². The van der Waals surface area contributed by atoms with Crippen molar-refractivity contribution in [2.45, 2.75) is 26.2 Å². The molecule has 0 saturated carbocycles. The zero-order valence-electron chi connectivity index (χ0n) is 14.5. The monoisotopic (exact) mass is 392 g/mol. The molecule has 0 aromatic heterocycles. The van der Waals surface area contributed by atoms with Gasteiger partial charge in [0.25, 0.3) is 0 Å². The Morgan fingerprint density at radius 1 is 1.04 bits per heavy atom. The minimum absolute atomic E-state index is 0. The molecular weight excluding hydrogens is 372 g/mol. The van der Waals surface area contributed by atoms with Crippen LogP contribution in [0.1, 0.15) is 31.7 Å². The molecule has 0 heterocycles. The van der Waals surface area contributed by atoms with E-state index in [4.69, 9.17) is 14.0 Å². The predicted molar refractivity (Wildman–Crippen MR) is 92.5 cm³/mol. The molecule has 0 amide bonds. The van der Waals surface area contributed by atoms with E-state index in [1.165, 1.54) is 5.57 Å².